The highest BCUT2D eigenvalue weighted by molar-refractivity contribution is 5.87. The number of pyridine rings is 1. The highest BCUT2D eigenvalue weighted by Crippen LogP contribution is 2.16. The Morgan fingerprint density at radius 3 is 2.45 bits per heavy atom. The molecule has 1 amide bonds. The van der Waals surface area contributed by atoms with E-state index in [2.05, 4.69) is 22.1 Å². The molecule has 0 aliphatic rings. The van der Waals surface area contributed by atoms with E-state index in [9.17, 15) is 4.79 Å². The molecule has 0 unspecified atom stereocenters. The highest BCUT2D eigenvalue weighted by Gasteiger charge is 2.16. The van der Waals surface area contributed by atoms with E-state index in [1.807, 2.05) is 51.1 Å². The smallest absolute Gasteiger partial charge is 0.412 e. The van der Waals surface area contributed by atoms with E-state index in [1.54, 1.807) is 18.5 Å². The Balaban J connectivity index is 2.18. The van der Waals surface area contributed by atoms with E-state index in [1.165, 1.54) is 0 Å². The molecule has 1 N–H and O–H groups in total. The maximum atomic E-state index is 11.9. The number of aromatic nitrogens is 1. The first-order valence-corrected chi connectivity index (χ1v) is 6.95. The van der Waals surface area contributed by atoms with Gasteiger partial charge >= 0.3 is 6.09 Å². The molecule has 2 aromatic rings. The summed E-state index contributed by atoms with van der Waals surface area (Å²) in [6.45, 7) is 5.46. The van der Waals surface area contributed by atoms with Gasteiger partial charge < -0.3 is 4.74 Å². The fourth-order valence-corrected chi connectivity index (χ4v) is 1.69. The molecule has 0 saturated carbocycles. The number of benzene rings is 1. The second-order valence-corrected chi connectivity index (χ2v) is 5.66. The van der Waals surface area contributed by atoms with Gasteiger partial charge in [-0.25, -0.2) is 4.79 Å². The molecule has 0 saturated heterocycles. The molecule has 112 valence electrons. The van der Waals surface area contributed by atoms with Gasteiger partial charge in [-0.15, -0.1) is 0 Å². The van der Waals surface area contributed by atoms with Gasteiger partial charge in [-0.1, -0.05) is 24.0 Å². The van der Waals surface area contributed by atoms with Gasteiger partial charge in [0, 0.05) is 23.5 Å². The van der Waals surface area contributed by atoms with Crippen LogP contribution in [-0.2, 0) is 4.74 Å². The van der Waals surface area contributed by atoms with Gasteiger partial charge in [0.1, 0.15) is 5.60 Å². The van der Waals surface area contributed by atoms with Crippen molar-refractivity contribution in [3.05, 3.63) is 59.9 Å². The molecule has 1 aromatic heterocycles. The van der Waals surface area contributed by atoms with Crippen LogP contribution in [0.3, 0.4) is 0 Å². The molecule has 0 spiro atoms. The van der Waals surface area contributed by atoms with Crippen LogP contribution in [0.4, 0.5) is 10.5 Å². The summed E-state index contributed by atoms with van der Waals surface area (Å²) in [5, 5.41) is 2.73. The van der Waals surface area contributed by atoms with E-state index < -0.39 is 11.7 Å². The van der Waals surface area contributed by atoms with Crippen LogP contribution in [0.2, 0.25) is 0 Å². The van der Waals surface area contributed by atoms with E-state index in [4.69, 9.17) is 4.74 Å². The second kappa shape index (κ2) is 6.77. The summed E-state index contributed by atoms with van der Waals surface area (Å²) in [4.78, 5) is 15.8. The van der Waals surface area contributed by atoms with Crippen molar-refractivity contribution in [2.75, 3.05) is 5.32 Å². The Kier molecular flexibility index (Phi) is 4.80. The molecular formula is C18H18N2O2. The number of carbonyl (C=O) groups excluding carboxylic acids is 1. The Labute approximate surface area is 130 Å². The monoisotopic (exact) mass is 294 g/mol. The first kappa shape index (κ1) is 15.6. The zero-order valence-corrected chi connectivity index (χ0v) is 12.9. The topological polar surface area (TPSA) is 51.2 Å². The predicted molar refractivity (Wildman–Crippen MR) is 86.5 cm³/mol. The summed E-state index contributed by atoms with van der Waals surface area (Å²) in [5.74, 6) is 6.09. The molecule has 0 fully saturated rings. The molecular weight excluding hydrogens is 276 g/mol. The lowest BCUT2D eigenvalue weighted by Crippen LogP contribution is -2.27. The van der Waals surface area contributed by atoms with Crippen LogP contribution in [0.1, 0.15) is 31.9 Å². The van der Waals surface area contributed by atoms with Gasteiger partial charge in [0.2, 0.25) is 0 Å². The van der Waals surface area contributed by atoms with Crippen LogP contribution >= 0.6 is 0 Å². The summed E-state index contributed by atoms with van der Waals surface area (Å²) < 4.78 is 5.25. The van der Waals surface area contributed by atoms with E-state index in [0.29, 0.717) is 5.69 Å². The number of anilines is 1. The predicted octanol–water partition coefficient (Wildman–Crippen LogP) is 3.83. The molecule has 22 heavy (non-hydrogen) atoms. The number of ether oxygens (including phenoxy) is 1. The SMILES string of the molecule is CC(C)(C)OC(=O)Nc1ccccc1C#Cc1ccncc1. The minimum atomic E-state index is -0.540. The summed E-state index contributed by atoms with van der Waals surface area (Å²) in [5.41, 5.74) is 1.67. The number of rotatable bonds is 1. The number of carbonyl (C=O) groups is 1. The van der Waals surface area contributed by atoms with Crippen LogP contribution in [-0.4, -0.2) is 16.7 Å². The fraction of sp³-hybridized carbons (Fsp3) is 0.222. The summed E-state index contributed by atoms with van der Waals surface area (Å²) in [6.07, 6.45) is 2.88. The van der Waals surface area contributed by atoms with E-state index >= 15 is 0 Å². The van der Waals surface area contributed by atoms with Crippen molar-refractivity contribution < 1.29 is 9.53 Å². The summed E-state index contributed by atoms with van der Waals surface area (Å²) in [6, 6.07) is 11.0. The lowest BCUT2D eigenvalue weighted by Gasteiger charge is -2.20. The van der Waals surface area contributed by atoms with E-state index in [0.717, 1.165) is 11.1 Å². The third-order valence-electron chi connectivity index (χ3n) is 2.58. The number of nitrogens with one attached hydrogen (secondary N) is 1. The van der Waals surface area contributed by atoms with Gasteiger partial charge in [0.15, 0.2) is 0 Å². The van der Waals surface area contributed by atoms with Crippen molar-refractivity contribution in [3.8, 4) is 11.8 Å². The number of para-hydroxylation sites is 1. The third-order valence-corrected chi connectivity index (χ3v) is 2.58. The van der Waals surface area contributed by atoms with Crippen molar-refractivity contribution in [1.82, 2.24) is 4.98 Å². The quantitative estimate of drug-likeness (QED) is 0.813. The zero-order valence-electron chi connectivity index (χ0n) is 12.9. The number of hydrogen-bond donors (Lipinski definition) is 1. The maximum absolute atomic E-state index is 11.9. The van der Waals surface area contributed by atoms with Crippen LogP contribution in [0.5, 0.6) is 0 Å². The minimum absolute atomic E-state index is 0.495. The Morgan fingerprint density at radius 2 is 1.77 bits per heavy atom. The first-order valence-electron chi connectivity index (χ1n) is 6.95. The van der Waals surface area contributed by atoms with E-state index in [-0.39, 0.29) is 0 Å². The lowest BCUT2D eigenvalue weighted by molar-refractivity contribution is 0.0636. The van der Waals surface area contributed by atoms with Crippen LogP contribution in [0.25, 0.3) is 0 Å². The van der Waals surface area contributed by atoms with Gasteiger partial charge in [0.25, 0.3) is 0 Å². The highest BCUT2D eigenvalue weighted by atomic mass is 16.6. The molecule has 0 bridgehead atoms. The molecule has 2 rings (SSSR count). The number of hydrogen-bond acceptors (Lipinski definition) is 3. The molecule has 0 aliphatic heterocycles. The molecule has 0 atom stereocenters. The standard InChI is InChI=1S/C18H18N2O2/c1-18(2,3)22-17(21)20-16-7-5-4-6-15(16)9-8-14-10-12-19-13-11-14/h4-7,10-13H,1-3H3,(H,20,21). The third kappa shape index (κ3) is 4.95. The maximum Gasteiger partial charge on any atom is 0.412 e. The van der Waals surface area contributed by atoms with Gasteiger partial charge in [-0.2, -0.15) is 0 Å². The molecule has 4 nitrogen and oxygen atoms in total. The molecule has 0 aliphatic carbocycles. The fourth-order valence-electron chi connectivity index (χ4n) is 1.69. The van der Waals surface area contributed by atoms with Crippen LogP contribution in [0.15, 0.2) is 48.8 Å². The first-order chi connectivity index (χ1) is 10.4. The molecule has 1 heterocycles. The molecule has 4 heteroatoms. The Bertz CT molecular complexity index is 707. The van der Waals surface area contributed by atoms with Crippen molar-refractivity contribution in [3.63, 3.8) is 0 Å². The molecule has 1 aromatic carbocycles. The average Bonchev–Trinajstić information content (AvgIpc) is 2.45. The molecule has 0 radical (unpaired) electrons. The van der Waals surface area contributed by atoms with Crippen LogP contribution < -0.4 is 5.32 Å². The van der Waals surface area contributed by atoms with Crippen molar-refractivity contribution in [2.45, 2.75) is 26.4 Å². The van der Waals surface area contributed by atoms with Crippen molar-refractivity contribution in [2.24, 2.45) is 0 Å². The lowest BCUT2D eigenvalue weighted by atomic mass is 10.1. The summed E-state index contributed by atoms with van der Waals surface area (Å²) >= 11 is 0. The van der Waals surface area contributed by atoms with Crippen molar-refractivity contribution in [1.29, 1.82) is 0 Å². The zero-order chi connectivity index (χ0) is 16.0. The van der Waals surface area contributed by atoms with Crippen molar-refractivity contribution >= 4 is 11.8 Å². The van der Waals surface area contributed by atoms with Gasteiger partial charge in [-0.05, 0) is 45.0 Å². The second-order valence-electron chi connectivity index (χ2n) is 5.66. The Morgan fingerprint density at radius 1 is 1.09 bits per heavy atom. The number of nitrogens with zero attached hydrogens (tertiary/aromatic N) is 1. The number of amides is 1. The van der Waals surface area contributed by atoms with Gasteiger partial charge in [-0.3, -0.25) is 10.3 Å². The van der Waals surface area contributed by atoms with Gasteiger partial charge in [0.05, 0.1) is 5.69 Å². The minimum Gasteiger partial charge on any atom is -0.444 e. The van der Waals surface area contributed by atoms with Crippen LogP contribution in [0, 0.1) is 11.8 Å². The largest absolute Gasteiger partial charge is 0.444 e. The Hall–Kier alpha value is -2.80. The summed E-state index contributed by atoms with van der Waals surface area (Å²) in [7, 11) is 0. The normalized spacial score (nSPS) is 10.3. The average molecular weight is 294 g/mol.